The third-order valence-electron chi connectivity index (χ3n) is 3.88. The van der Waals surface area contributed by atoms with Crippen LogP contribution in [0.3, 0.4) is 0 Å². The number of alkyl halides is 1. The predicted octanol–water partition coefficient (Wildman–Crippen LogP) is -0.747. The molecule has 1 aliphatic heterocycles. The molecule has 3 aliphatic rings. The summed E-state index contributed by atoms with van der Waals surface area (Å²) >= 11 is 0. The molecule has 0 aromatic carbocycles. The summed E-state index contributed by atoms with van der Waals surface area (Å²) in [5, 5.41) is 13.1. The van der Waals surface area contributed by atoms with Crippen molar-refractivity contribution in [1.82, 2.24) is 10.6 Å². The zero-order valence-electron chi connectivity index (χ0n) is 8.07. The molecule has 3 N–H and O–H groups in total. The van der Waals surface area contributed by atoms with Crippen molar-refractivity contribution < 1.29 is 23.9 Å². The number of carbonyl (C=O) groups is 3. The monoisotopic (exact) mass is 228 g/mol. The summed E-state index contributed by atoms with van der Waals surface area (Å²) in [6.07, 6.45) is -1.47. The van der Waals surface area contributed by atoms with Crippen molar-refractivity contribution in [1.29, 1.82) is 0 Å². The number of urea groups is 1. The number of carboxylic acids is 1. The van der Waals surface area contributed by atoms with Gasteiger partial charge in [0.25, 0.3) is 5.91 Å². The van der Waals surface area contributed by atoms with E-state index in [-0.39, 0.29) is 12.3 Å². The number of hydrogen-bond acceptors (Lipinski definition) is 3. The van der Waals surface area contributed by atoms with Gasteiger partial charge in [0.2, 0.25) is 0 Å². The SMILES string of the molecule is O=C1NC(=O)[C@]2(N1)[C@@H]1[C@H](C[C@H]2F)[C@H]1C(=O)O. The molecule has 1 heterocycles. The highest BCUT2D eigenvalue weighted by Gasteiger charge is 2.77. The molecular formula is C9H9FN2O4. The van der Waals surface area contributed by atoms with Crippen LogP contribution in [0.1, 0.15) is 6.42 Å². The summed E-state index contributed by atoms with van der Waals surface area (Å²) in [5.41, 5.74) is -1.63. The average molecular weight is 228 g/mol. The van der Waals surface area contributed by atoms with Crippen molar-refractivity contribution in [3.05, 3.63) is 0 Å². The van der Waals surface area contributed by atoms with E-state index in [4.69, 9.17) is 5.11 Å². The maximum Gasteiger partial charge on any atom is 0.322 e. The Balaban J connectivity index is 1.98. The number of hydrogen-bond donors (Lipinski definition) is 3. The summed E-state index contributed by atoms with van der Waals surface area (Å²) < 4.78 is 13.8. The summed E-state index contributed by atoms with van der Waals surface area (Å²) in [5.74, 6) is -3.42. The number of carboxylic acid groups (broad SMARTS) is 1. The zero-order valence-corrected chi connectivity index (χ0v) is 8.07. The highest BCUT2D eigenvalue weighted by atomic mass is 19.1. The number of imide groups is 1. The van der Waals surface area contributed by atoms with Gasteiger partial charge in [-0.3, -0.25) is 14.9 Å². The molecule has 2 saturated carbocycles. The van der Waals surface area contributed by atoms with Crippen LogP contribution in [-0.4, -0.2) is 34.7 Å². The van der Waals surface area contributed by atoms with E-state index in [1.165, 1.54) is 0 Å². The first-order chi connectivity index (χ1) is 7.48. The molecule has 0 unspecified atom stereocenters. The van der Waals surface area contributed by atoms with Crippen LogP contribution in [0.25, 0.3) is 0 Å². The number of amides is 3. The summed E-state index contributed by atoms with van der Waals surface area (Å²) in [4.78, 5) is 33.5. The largest absolute Gasteiger partial charge is 0.481 e. The smallest absolute Gasteiger partial charge is 0.322 e. The van der Waals surface area contributed by atoms with Crippen LogP contribution in [0.4, 0.5) is 9.18 Å². The third kappa shape index (κ3) is 0.845. The molecule has 0 radical (unpaired) electrons. The predicted molar refractivity (Wildman–Crippen MR) is 47.0 cm³/mol. The Hall–Kier alpha value is -1.66. The van der Waals surface area contributed by atoms with Gasteiger partial charge >= 0.3 is 12.0 Å². The average Bonchev–Trinajstić information content (AvgIpc) is 2.71. The van der Waals surface area contributed by atoms with Crippen molar-refractivity contribution in [3.8, 4) is 0 Å². The Bertz CT molecular complexity index is 426. The maximum absolute atomic E-state index is 13.8. The summed E-state index contributed by atoms with van der Waals surface area (Å²) in [6.45, 7) is 0. The second-order valence-corrected chi connectivity index (χ2v) is 4.53. The molecule has 6 nitrogen and oxygen atoms in total. The lowest BCUT2D eigenvalue weighted by Crippen LogP contribution is -2.55. The van der Waals surface area contributed by atoms with Crippen molar-refractivity contribution in [3.63, 3.8) is 0 Å². The molecule has 0 bridgehead atoms. The molecule has 1 saturated heterocycles. The van der Waals surface area contributed by atoms with Crippen LogP contribution in [0.15, 0.2) is 0 Å². The fourth-order valence-electron chi connectivity index (χ4n) is 3.20. The van der Waals surface area contributed by atoms with Gasteiger partial charge < -0.3 is 10.4 Å². The zero-order chi connectivity index (χ0) is 11.7. The van der Waals surface area contributed by atoms with Crippen LogP contribution in [0, 0.1) is 17.8 Å². The number of aliphatic carboxylic acids is 1. The van der Waals surface area contributed by atoms with Crippen LogP contribution < -0.4 is 10.6 Å². The van der Waals surface area contributed by atoms with Gasteiger partial charge in [0, 0.05) is 5.92 Å². The molecule has 2 aliphatic carbocycles. The van der Waals surface area contributed by atoms with E-state index in [9.17, 15) is 18.8 Å². The molecule has 0 aromatic heterocycles. The molecule has 3 rings (SSSR count). The van der Waals surface area contributed by atoms with Crippen molar-refractivity contribution in [2.24, 2.45) is 17.8 Å². The first-order valence-corrected chi connectivity index (χ1v) is 4.99. The van der Waals surface area contributed by atoms with Crippen molar-refractivity contribution >= 4 is 17.9 Å². The first-order valence-electron chi connectivity index (χ1n) is 4.99. The van der Waals surface area contributed by atoms with E-state index >= 15 is 0 Å². The lowest BCUT2D eigenvalue weighted by Gasteiger charge is -2.26. The number of halogens is 1. The fourth-order valence-corrected chi connectivity index (χ4v) is 3.20. The van der Waals surface area contributed by atoms with Gasteiger partial charge in [-0.05, 0) is 12.3 Å². The number of fused-ring (bicyclic) bond motifs is 2. The Labute approximate surface area is 89.2 Å². The Kier molecular flexibility index (Phi) is 1.51. The standard InChI is InChI=1S/C9H9FN2O4/c10-3-1-2-4(6(13)14)5(2)9(3)7(15)11-8(16)12-9/h2-5H,1H2,(H,13,14)(H2,11,12,15,16)/t2-,3-,4-,5-,9-/m1/s1. The molecule has 16 heavy (non-hydrogen) atoms. The van der Waals surface area contributed by atoms with Crippen LogP contribution in [0.5, 0.6) is 0 Å². The minimum absolute atomic E-state index is 0.0231. The molecule has 1 spiro atoms. The quantitative estimate of drug-likeness (QED) is 0.515. The number of nitrogens with one attached hydrogen (secondary N) is 2. The van der Waals surface area contributed by atoms with Gasteiger partial charge in [-0.2, -0.15) is 0 Å². The van der Waals surface area contributed by atoms with Gasteiger partial charge in [-0.15, -0.1) is 0 Å². The van der Waals surface area contributed by atoms with Gasteiger partial charge in [-0.25, -0.2) is 9.18 Å². The Morgan fingerprint density at radius 2 is 2.19 bits per heavy atom. The molecule has 7 heteroatoms. The highest BCUT2D eigenvalue weighted by molar-refractivity contribution is 6.09. The van der Waals surface area contributed by atoms with Gasteiger partial charge in [-0.1, -0.05) is 0 Å². The first kappa shape index (κ1) is 9.56. The van der Waals surface area contributed by atoms with Crippen LogP contribution in [0.2, 0.25) is 0 Å². The van der Waals surface area contributed by atoms with Crippen molar-refractivity contribution in [2.45, 2.75) is 18.1 Å². The molecule has 3 amide bonds. The molecule has 3 fully saturated rings. The second kappa shape index (κ2) is 2.53. The lowest BCUT2D eigenvalue weighted by molar-refractivity contribution is -0.140. The van der Waals surface area contributed by atoms with E-state index in [2.05, 4.69) is 5.32 Å². The van der Waals surface area contributed by atoms with E-state index in [0.29, 0.717) is 0 Å². The highest BCUT2D eigenvalue weighted by Crippen LogP contribution is 2.63. The minimum atomic E-state index is -1.63. The van der Waals surface area contributed by atoms with E-state index in [1.807, 2.05) is 5.32 Å². The Morgan fingerprint density at radius 1 is 1.50 bits per heavy atom. The van der Waals surface area contributed by atoms with E-state index in [0.717, 1.165) is 0 Å². The number of rotatable bonds is 1. The van der Waals surface area contributed by atoms with E-state index in [1.54, 1.807) is 0 Å². The molecule has 86 valence electrons. The van der Waals surface area contributed by atoms with Gasteiger partial charge in [0.05, 0.1) is 5.92 Å². The maximum atomic E-state index is 13.8. The molecule has 5 atom stereocenters. The number of carbonyl (C=O) groups excluding carboxylic acids is 2. The fraction of sp³-hybridized carbons (Fsp3) is 0.667. The van der Waals surface area contributed by atoms with E-state index < -0.39 is 41.5 Å². The van der Waals surface area contributed by atoms with Crippen LogP contribution >= 0.6 is 0 Å². The minimum Gasteiger partial charge on any atom is -0.481 e. The topological polar surface area (TPSA) is 95.5 Å². The lowest BCUT2D eigenvalue weighted by atomic mass is 9.89. The third-order valence-corrected chi connectivity index (χ3v) is 3.88. The second-order valence-electron chi connectivity index (χ2n) is 4.53. The normalized spacial score (nSPS) is 48.8. The van der Waals surface area contributed by atoms with Crippen molar-refractivity contribution in [2.75, 3.05) is 0 Å². The summed E-state index contributed by atoms with van der Waals surface area (Å²) in [6, 6.07) is -0.746. The van der Waals surface area contributed by atoms with Gasteiger partial charge in [0.1, 0.15) is 6.17 Å². The van der Waals surface area contributed by atoms with Gasteiger partial charge in [0.15, 0.2) is 5.54 Å². The molecule has 0 aromatic rings. The molecular weight excluding hydrogens is 219 g/mol. The summed E-state index contributed by atoms with van der Waals surface area (Å²) in [7, 11) is 0. The Morgan fingerprint density at radius 3 is 2.69 bits per heavy atom. The van der Waals surface area contributed by atoms with Crippen LogP contribution in [-0.2, 0) is 9.59 Å².